The third kappa shape index (κ3) is 1.66. The molecule has 0 amide bonds. The maximum Gasteiger partial charge on any atom is 0.164 e. The number of phenols is 2. The van der Waals surface area contributed by atoms with Crippen LogP contribution in [-0.2, 0) is 5.54 Å². The maximum atomic E-state index is 9.83. The topological polar surface area (TPSA) is 52.5 Å². The van der Waals surface area contributed by atoms with Crippen LogP contribution in [0.15, 0.2) is 12.1 Å². The fourth-order valence-electron chi connectivity index (χ4n) is 2.19. The molecule has 1 aromatic carbocycles. The number of hydrogen-bond acceptors (Lipinski definition) is 3. The van der Waals surface area contributed by atoms with E-state index >= 15 is 0 Å². The SMILES string of the molecule is CC1(c2c(Cl)ccc(O)c2O)CCCN1. The van der Waals surface area contributed by atoms with Crippen LogP contribution in [0.25, 0.3) is 0 Å². The Hall–Kier alpha value is -0.930. The summed E-state index contributed by atoms with van der Waals surface area (Å²) in [6.07, 6.45) is 1.95. The van der Waals surface area contributed by atoms with E-state index in [1.54, 1.807) is 6.07 Å². The molecule has 0 aliphatic carbocycles. The molecule has 1 heterocycles. The first-order valence-corrected chi connectivity index (χ1v) is 5.38. The second-order valence-electron chi connectivity index (χ2n) is 4.15. The summed E-state index contributed by atoms with van der Waals surface area (Å²) >= 11 is 6.06. The molecule has 0 aromatic heterocycles. The lowest BCUT2D eigenvalue weighted by Gasteiger charge is -2.27. The van der Waals surface area contributed by atoms with Gasteiger partial charge in [0.2, 0.25) is 0 Å². The van der Waals surface area contributed by atoms with Crippen molar-refractivity contribution < 1.29 is 10.2 Å². The van der Waals surface area contributed by atoms with E-state index in [1.165, 1.54) is 6.07 Å². The lowest BCUT2D eigenvalue weighted by Crippen LogP contribution is -2.33. The molecule has 2 rings (SSSR count). The van der Waals surface area contributed by atoms with Crippen LogP contribution in [0.5, 0.6) is 11.5 Å². The molecule has 3 nitrogen and oxygen atoms in total. The minimum atomic E-state index is -0.333. The zero-order valence-corrected chi connectivity index (χ0v) is 9.30. The molecule has 1 fully saturated rings. The van der Waals surface area contributed by atoms with Crippen LogP contribution in [0.2, 0.25) is 5.02 Å². The predicted octanol–water partition coefficient (Wildman–Crippen LogP) is 2.35. The largest absolute Gasteiger partial charge is 0.504 e. The van der Waals surface area contributed by atoms with Crippen LogP contribution in [0.3, 0.4) is 0 Å². The summed E-state index contributed by atoms with van der Waals surface area (Å²) in [4.78, 5) is 0. The fourth-order valence-corrected chi connectivity index (χ4v) is 2.55. The van der Waals surface area contributed by atoms with E-state index in [1.807, 2.05) is 6.92 Å². The third-order valence-corrected chi connectivity index (χ3v) is 3.34. The summed E-state index contributed by atoms with van der Waals surface area (Å²) in [5, 5.41) is 23.1. The summed E-state index contributed by atoms with van der Waals surface area (Å²) in [5.41, 5.74) is 0.265. The number of rotatable bonds is 1. The lowest BCUT2D eigenvalue weighted by atomic mass is 9.89. The quantitative estimate of drug-likeness (QED) is 0.646. The van der Waals surface area contributed by atoms with E-state index in [0.717, 1.165) is 19.4 Å². The van der Waals surface area contributed by atoms with Gasteiger partial charge in [-0.25, -0.2) is 0 Å². The van der Waals surface area contributed by atoms with Gasteiger partial charge in [0, 0.05) is 16.1 Å². The van der Waals surface area contributed by atoms with Gasteiger partial charge in [0.25, 0.3) is 0 Å². The van der Waals surface area contributed by atoms with Crippen molar-refractivity contribution in [3.05, 3.63) is 22.7 Å². The minimum Gasteiger partial charge on any atom is -0.504 e. The van der Waals surface area contributed by atoms with Gasteiger partial charge in [0.1, 0.15) is 0 Å². The zero-order valence-electron chi connectivity index (χ0n) is 8.55. The Labute approximate surface area is 93.7 Å². The number of hydrogen-bond donors (Lipinski definition) is 3. The number of benzene rings is 1. The predicted molar refractivity (Wildman–Crippen MR) is 59.4 cm³/mol. The van der Waals surface area contributed by atoms with Gasteiger partial charge in [-0.15, -0.1) is 0 Å². The van der Waals surface area contributed by atoms with Crippen LogP contribution >= 0.6 is 11.6 Å². The Morgan fingerprint density at radius 3 is 2.73 bits per heavy atom. The highest BCUT2D eigenvalue weighted by atomic mass is 35.5. The molecular weight excluding hydrogens is 214 g/mol. The first kappa shape index (κ1) is 10.6. The van der Waals surface area contributed by atoms with E-state index < -0.39 is 0 Å². The van der Waals surface area contributed by atoms with Crippen molar-refractivity contribution in [3.8, 4) is 11.5 Å². The van der Waals surface area contributed by atoms with E-state index in [4.69, 9.17) is 11.6 Å². The Balaban J connectivity index is 2.55. The Morgan fingerprint density at radius 2 is 2.13 bits per heavy atom. The fraction of sp³-hybridized carbons (Fsp3) is 0.455. The van der Waals surface area contributed by atoms with Crippen LogP contribution in [0, 0.1) is 0 Å². The number of halogens is 1. The minimum absolute atomic E-state index is 0.112. The average Bonchev–Trinajstić information content (AvgIpc) is 2.60. The summed E-state index contributed by atoms with van der Waals surface area (Å²) < 4.78 is 0. The van der Waals surface area contributed by atoms with E-state index in [-0.39, 0.29) is 17.0 Å². The molecule has 0 radical (unpaired) electrons. The molecule has 1 atom stereocenters. The highest BCUT2D eigenvalue weighted by Gasteiger charge is 2.35. The highest BCUT2D eigenvalue weighted by Crippen LogP contribution is 2.44. The van der Waals surface area contributed by atoms with E-state index in [0.29, 0.717) is 10.6 Å². The number of nitrogens with one attached hydrogen (secondary N) is 1. The lowest BCUT2D eigenvalue weighted by molar-refractivity contribution is 0.366. The van der Waals surface area contributed by atoms with Crippen LogP contribution < -0.4 is 5.32 Å². The molecule has 0 spiro atoms. The zero-order chi connectivity index (χ0) is 11.1. The normalized spacial score (nSPS) is 25.7. The van der Waals surface area contributed by atoms with E-state index in [2.05, 4.69) is 5.32 Å². The average molecular weight is 228 g/mol. The smallest absolute Gasteiger partial charge is 0.164 e. The van der Waals surface area contributed by atoms with Crippen molar-refractivity contribution in [1.82, 2.24) is 5.32 Å². The standard InChI is InChI=1S/C11H14ClNO2/c1-11(5-2-6-13-11)9-7(12)3-4-8(14)10(9)15/h3-4,13-15H,2,5-6H2,1H3. The summed E-state index contributed by atoms with van der Waals surface area (Å²) in [6.45, 7) is 2.89. The summed E-state index contributed by atoms with van der Waals surface area (Å²) in [5.74, 6) is -0.233. The number of phenolic OH excluding ortho intramolecular Hbond substituents is 2. The number of aromatic hydroxyl groups is 2. The first-order valence-electron chi connectivity index (χ1n) is 5.00. The molecule has 82 valence electrons. The van der Waals surface area contributed by atoms with Crippen LogP contribution in [0.4, 0.5) is 0 Å². The molecule has 15 heavy (non-hydrogen) atoms. The van der Waals surface area contributed by atoms with Crippen molar-refractivity contribution in [2.45, 2.75) is 25.3 Å². The Kier molecular flexibility index (Phi) is 2.52. The Morgan fingerprint density at radius 1 is 1.40 bits per heavy atom. The van der Waals surface area contributed by atoms with Gasteiger partial charge >= 0.3 is 0 Å². The van der Waals surface area contributed by atoms with Crippen LogP contribution in [-0.4, -0.2) is 16.8 Å². The van der Waals surface area contributed by atoms with Crippen molar-refractivity contribution in [1.29, 1.82) is 0 Å². The molecule has 4 heteroatoms. The van der Waals surface area contributed by atoms with Crippen molar-refractivity contribution in [2.75, 3.05) is 6.54 Å². The Bertz CT molecular complexity index is 386. The second-order valence-corrected chi connectivity index (χ2v) is 4.56. The van der Waals surface area contributed by atoms with Crippen molar-refractivity contribution in [3.63, 3.8) is 0 Å². The second kappa shape index (κ2) is 3.58. The molecule has 1 saturated heterocycles. The molecule has 0 saturated carbocycles. The van der Waals surface area contributed by atoms with Crippen LogP contribution in [0.1, 0.15) is 25.3 Å². The van der Waals surface area contributed by atoms with Gasteiger partial charge < -0.3 is 15.5 Å². The first-order chi connectivity index (χ1) is 7.04. The van der Waals surface area contributed by atoms with Crippen molar-refractivity contribution in [2.24, 2.45) is 0 Å². The van der Waals surface area contributed by atoms with Gasteiger partial charge in [-0.2, -0.15) is 0 Å². The monoisotopic (exact) mass is 227 g/mol. The summed E-state index contributed by atoms with van der Waals surface area (Å²) in [7, 11) is 0. The maximum absolute atomic E-state index is 9.83. The molecule has 1 aromatic rings. The van der Waals surface area contributed by atoms with Gasteiger partial charge in [-0.1, -0.05) is 11.6 Å². The highest BCUT2D eigenvalue weighted by molar-refractivity contribution is 6.31. The van der Waals surface area contributed by atoms with E-state index in [9.17, 15) is 10.2 Å². The third-order valence-electron chi connectivity index (χ3n) is 3.03. The van der Waals surface area contributed by atoms with Gasteiger partial charge in [-0.3, -0.25) is 0 Å². The van der Waals surface area contributed by atoms with Gasteiger partial charge in [0.05, 0.1) is 0 Å². The molecule has 1 aliphatic rings. The van der Waals surface area contributed by atoms with Gasteiger partial charge in [-0.05, 0) is 38.4 Å². The molecule has 3 N–H and O–H groups in total. The van der Waals surface area contributed by atoms with Gasteiger partial charge in [0.15, 0.2) is 11.5 Å². The molecular formula is C11H14ClNO2. The molecule has 0 bridgehead atoms. The summed E-state index contributed by atoms with van der Waals surface area (Å²) in [6, 6.07) is 3.01. The molecule has 1 aliphatic heterocycles. The molecule has 1 unspecified atom stereocenters. The van der Waals surface area contributed by atoms with Crippen molar-refractivity contribution >= 4 is 11.6 Å².